The number of pyridine rings is 1. The Kier molecular flexibility index (Phi) is 3.68. The first-order valence-corrected chi connectivity index (χ1v) is 8.26. The van der Waals surface area contributed by atoms with E-state index in [-0.39, 0.29) is 39.8 Å². The molecule has 2 aliphatic rings. The molecule has 25 heavy (non-hydrogen) atoms. The molecule has 0 saturated heterocycles. The van der Waals surface area contributed by atoms with Crippen LogP contribution in [-0.2, 0) is 0 Å². The molecule has 3 N–H and O–H groups in total. The van der Waals surface area contributed by atoms with Gasteiger partial charge in [0.25, 0.3) is 0 Å². The lowest BCUT2D eigenvalue weighted by atomic mass is 10.0. The van der Waals surface area contributed by atoms with Crippen LogP contribution in [0.3, 0.4) is 0 Å². The summed E-state index contributed by atoms with van der Waals surface area (Å²) in [5, 5.41) is 22.8. The summed E-state index contributed by atoms with van der Waals surface area (Å²) in [4.78, 5) is 8.34. The third kappa shape index (κ3) is 2.65. The molecule has 2 aromatic rings. The number of rotatable bonds is 3. The highest BCUT2D eigenvalue weighted by atomic mass is 35.5. The Morgan fingerprint density at radius 2 is 2.00 bits per heavy atom. The zero-order valence-corrected chi connectivity index (χ0v) is 13.8. The van der Waals surface area contributed by atoms with Crippen molar-refractivity contribution in [3.05, 3.63) is 17.5 Å². The molecule has 6 atom stereocenters. The maximum atomic E-state index is 12.5. The number of hydrogen-bond donors (Lipinski definition) is 3. The van der Waals surface area contributed by atoms with Crippen molar-refractivity contribution < 1.29 is 23.4 Å². The number of imidazole rings is 1. The fourth-order valence-corrected chi connectivity index (χ4v) is 4.32. The fourth-order valence-electron chi connectivity index (χ4n) is 4.14. The second-order valence-corrected chi connectivity index (χ2v) is 7.16. The average Bonchev–Trinajstić information content (AvgIpc) is 2.86. The quantitative estimate of drug-likeness (QED) is 0.715. The van der Waals surface area contributed by atoms with Crippen LogP contribution in [0.15, 0.2) is 12.4 Å². The van der Waals surface area contributed by atoms with Crippen LogP contribution in [0.1, 0.15) is 13.0 Å². The molecule has 0 amide bonds. The largest absolute Gasteiger partial charge is 0.405 e. The van der Waals surface area contributed by atoms with Gasteiger partial charge in [0, 0.05) is 6.07 Å². The van der Waals surface area contributed by atoms with Crippen molar-refractivity contribution in [2.75, 3.05) is 11.9 Å². The molecule has 0 radical (unpaired) electrons. The number of aliphatic hydroxyl groups is 2. The number of alkyl halides is 3. The van der Waals surface area contributed by atoms with E-state index in [9.17, 15) is 23.4 Å². The van der Waals surface area contributed by atoms with Gasteiger partial charge < -0.3 is 20.1 Å². The lowest BCUT2D eigenvalue weighted by molar-refractivity contribution is -0.115. The van der Waals surface area contributed by atoms with Crippen molar-refractivity contribution >= 4 is 28.5 Å². The number of fused-ring (bicyclic) bond motifs is 2. The van der Waals surface area contributed by atoms with Gasteiger partial charge in [-0.25, -0.2) is 9.97 Å². The number of nitrogens with zero attached hydrogens (tertiary/aromatic N) is 3. The van der Waals surface area contributed by atoms with Crippen molar-refractivity contribution in [1.82, 2.24) is 14.5 Å². The minimum Gasteiger partial charge on any atom is -0.390 e. The Morgan fingerprint density at radius 1 is 1.28 bits per heavy atom. The predicted octanol–water partition coefficient (Wildman–Crippen LogP) is 2.22. The summed E-state index contributed by atoms with van der Waals surface area (Å²) < 4.78 is 39.1. The smallest absolute Gasteiger partial charge is 0.390 e. The van der Waals surface area contributed by atoms with Crippen LogP contribution in [-0.4, -0.2) is 49.7 Å². The topological polar surface area (TPSA) is 83.2 Å². The Morgan fingerprint density at radius 3 is 2.64 bits per heavy atom. The van der Waals surface area contributed by atoms with E-state index in [1.54, 1.807) is 4.57 Å². The second-order valence-electron chi connectivity index (χ2n) is 6.77. The van der Waals surface area contributed by atoms with Gasteiger partial charge in [-0.3, -0.25) is 0 Å². The van der Waals surface area contributed by atoms with E-state index >= 15 is 0 Å². The van der Waals surface area contributed by atoms with E-state index in [1.807, 2.05) is 6.92 Å². The van der Waals surface area contributed by atoms with Gasteiger partial charge in [-0.15, -0.1) is 0 Å². The first kappa shape index (κ1) is 16.9. The molecule has 0 aliphatic heterocycles. The maximum Gasteiger partial charge on any atom is 0.405 e. The summed E-state index contributed by atoms with van der Waals surface area (Å²) in [6, 6.07) is 0.858. The number of hydrogen-bond acceptors (Lipinski definition) is 5. The lowest BCUT2D eigenvalue weighted by Gasteiger charge is -2.23. The zero-order chi connectivity index (χ0) is 18.1. The van der Waals surface area contributed by atoms with Crippen LogP contribution in [0.2, 0.25) is 5.15 Å². The summed E-state index contributed by atoms with van der Waals surface area (Å²) in [7, 11) is 0. The van der Waals surface area contributed by atoms with Crippen LogP contribution >= 0.6 is 11.6 Å². The Balaban J connectivity index is 1.74. The molecule has 0 unspecified atom stereocenters. The SMILES string of the molecule is C[C@H]1[C@H]2[C@@H](O)[C@@H](O)[C@H](n3cnc4c(NCC(F)(F)F)cc(Cl)nc43)[C@@H]12. The van der Waals surface area contributed by atoms with Crippen LogP contribution in [0.5, 0.6) is 0 Å². The molecule has 0 aromatic carbocycles. The molecular formula is C15H16ClF3N4O2. The van der Waals surface area contributed by atoms with Crippen molar-refractivity contribution in [2.45, 2.75) is 31.3 Å². The van der Waals surface area contributed by atoms with Crippen molar-refractivity contribution in [1.29, 1.82) is 0 Å². The van der Waals surface area contributed by atoms with Crippen molar-refractivity contribution in [3.63, 3.8) is 0 Å². The van der Waals surface area contributed by atoms with Gasteiger partial charge in [0.05, 0.1) is 24.2 Å². The van der Waals surface area contributed by atoms with E-state index in [0.717, 1.165) is 0 Å². The van der Waals surface area contributed by atoms with E-state index < -0.39 is 31.0 Å². The summed E-state index contributed by atoms with van der Waals surface area (Å²) in [5.41, 5.74) is 0.653. The number of nitrogens with one attached hydrogen (secondary N) is 1. The van der Waals surface area contributed by atoms with Gasteiger partial charge in [0.2, 0.25) is 0 Å². The normalized spacial score (nSPS) is 34.4. The summed E-state index contributed by atoms with van der Waals surface area (Å²) in [6.07, 6.45) is -4.76. The highest BCUT2D eigenvalue weighted by Gasteiger charge is 2.65. The average molecular weight is 377 g/mol. The summed E-state index contributed by atoms with van der Waals surface area (Å²) in [5.74, 6) is 0.345. The number of aromatic nitrogens is 3. The number of anilines is 1. The highest BCUT2D eigenvalue weighted by molar-refractivity contribution is 6.30. The molecule has 2 fully saturated rings. The summed E-state index contributed by atoms with van der Waals surface area (Å²) >= 11 is 5.96. The van der Waals surface area contributed by atoms with Gasteiger partial charge in [-0.1, -0.05) is 18.5 Å². The van der Waals surface area contributed by atoms with Crippen molar-refractivity contribution in [2.24, 2.45) is 17.8 Å². The van der Waals surface area contributed by atoms with Gasteiger partial charge in [-0.2, -0.15) is 13.2 Å². The maximum absolute atomic E-state index is 12.5. The van der Waals surface area contributed by atoms with E-state index in [2.05, 4.69) is 15.3 Å². The van der Waals surface area contributed by atoms with Crippen LogP contribution in [0.4, 0.5) is 18.9 Å². The third-order valence-corrected chi connectivity index (χ3v) is 5.50. The van der Waals surface area contributed by atoms with Crippen LogP contribution in [0.25, 0.3) is 11.2 Å². The molecule has 10 heteroatoms. The van der Waals surface area contributed by atoms with Gasteiger partial charge in [0.15, 0.2) is 5.65 Å². The molecule has 136 valence electrons. The minimum atomic E-state index is -4.38. The molecule has 0 spiro atoms. The minimum absolute atomic E-state index is 0.0134. The lowest BCUT2D eigenvalue weighted by Crippen LogP contribution is -2.32. The number of halogens is 4. The monoisotopic (exact) mass is 376 g/mol. The van der Waals surface area contributed by atoms with E-state index in [4.69, 9.17) is 11.6 Å². The van der Waals surface area contributed by atoms with Gasteiger partial charge >= 0.3 is 6.18 Å². The van der Waals surface area contributed by atoms with E-state index in [1.165, 1.54) is 12.4 Å². The molecule has 0 bridgehead atoms. The first-order valence-electron chi connectivity index (χ1n) is 7.89. The zero-order valence-electron chi connectivity index (χ0n) is 13.1. The predicted molar refractivity (Wildman–Crippen MR) is 84.3 cm³/mol. The standard InChI is InChI=1S/C15H16ClF3N4O2/c1-5-8-9(5)12(24)13(25)11(8)23-4-21-10-6(20-3-15(17,18)19)2-7(16)22-14(10)23/h2,4-5,8-9,11-13,24-25H,3H2,1H3,(H,20,22)/t5-,8+,9-,11-,12-,13+/m1/s1. The molecule has 6 nitrogen and oxygen atoms in total. The Hall–Kier alpha value is -1.58. The Bertz CT molecular complexity index is 827. The molecule has 2 heterocycles. The second kappa shape index (κ2) is 5.46. The highest BCUT2D eigenvalue weighted by Crippen LogP contribution is 2.62. The fraction of sp³-hybridized carbons (Fsp3) is 0.600. The van der Waals surface area contributed by atoms with Crippen LogP contribution < -0.4 is 5.32 Å². The molecule has 2 aromatic heterocycles. The van der Waals surface area contributed by atoms with Crippen LogP contribution in [0, 0.1) is 17.8 Å². The van der Waals surface area contributed by atoms with E-state index in [0.29, 0.717) is 0 Å². The summed E-state index contributed by atoms with van der Waals surface area (Å²) in [6.45, 7) is 0.773. The number of aliphatic hydroxyl groups excluding tert-OH is 2. The van der Waals surface area contributed by atoms with Gasteiger partial charge in [0.1, 0.15) is 23.3 Å². The molecule has 2 aliphatic carbocycles. The third-order valence-electron chi connectivity index (χ3n) is 5.31. The van der Waals surface area contributed by atoms with Gasteiger partial charge in [-0.05, 0) is 17.8 Å². The molecular weight excluding hydrogens is 361 g/mol. The Labute approximate surface area is 145 Å². The van der Waals surface area contributed by atoms with Crippen molar-refractivity contribution in [3.8, 4) is 0 Å². The molecule has 4 rings (SSSR count). The first-order chi connectivity index (χ1) is 11.7. The molecule has 2 saturated carbocycles.